The molecule has 1 aliphatic heterocycles. The van der Waals surface area contributed by atoms with E-state index in [2.05, 4.69) is 19.2 Å². The van der Waals surface area contributed by atoms with Crippen LogP contribution in [0.3, 0.4) is 0 Å². The molecule has 1 N–H and O–H groups in total. The maximum absolute atomic E-state index is 12.3. The van der Waals surface area contributed by atoms with Crippen LogP contribution in [0.1, 0.15) is 52.9 Å². The lowest BCUT2D eigenvalue weighted by molar-refractivity contribution is -0.148. The minimum Gasteiger partial charge on any atom is -0.343 e. The van der Waals surface area contributed by atoms with Crippen molar-refractivity contribution in [2.45, 2.75) is 65.0 Å². The summed E-state index contributed by atoms with van der Waals surface area (Å²) in [5, 5.41) is 2.78. The van der Waals surface area contributed by atoms with Gasteiger partial charge < -0.3 is 10.2 Å². The van der Waals surface area contributed by atoms with Crippen LogP contribution in [0.25, 0.3) is 0 Å². The van der Waals surface area contributed by atoms with E-state index in [1.54, 1.807) is 0 Å². The molecule has 1 saturated carbocycles. The Bertz CT molecular complexity index is 352. The molecule has 2 fully saturated rings. The molecule has 1 saturated heterocycles. The van der Waals surface area contributed by atoms with Gasteiger partial charge in [0.2, 0.25) is 11.8 Å². The van der Waals surface area contributed by atoms with E-state index in [4.69, 9.17) is 0 Å². The highest BCUT2D eigenvalue weighted by atomic mass is 16.2. The van der Waals surface area contributed by atoms with Crippen molar-refractivity contribution in [1.82, 2.24) is 10.2 Å². The van der Waals surface area contributed by atoms with Gasteiger partial charge >= 0.3 is 0 Å². The van der Waals surface area contributed by atoms with Crippen molar-refractivity contribution >= 4 is 11.8 Å². The molecular weight excluding hydrogens is 228 g/mol. The lowest BCUT2D eigenvalue weighted by Crippen LogP contribution is -2.61. The molecule has 2 amide bonds. The lowest BCUT2D eigenvalue weighted by atomic mass is 9.74. The molecule has 18 heavy (non-hydrogen) atoms. The first kappa shape index (κ1) is 13.4. The summed E-state index contributed by atoms with van der Waals surface area (Å²) in [7, 11) is 0. The summed E-state index contributed by atoms with van der Waals surface area (Å²) in [5.41, 5.74) is 0.291. The van der Waals surface area contributed by atoms with Gasteiger partial charge in [-0.3, -0.25) is 9.59 Å². The maximum atomic E-state index is 12.3. The Kier molecular flexibility index (Phi) is 3.64. The quantitative estimate of drug-likeness (QED) is 0.813. The van der Waals surface area contributed by atoms with Gasteiger partial charge in [0.1, 0.15) is 6.04 Å². The molecule has 102 valence electrons. The van der Waals surface area contributed by atoms with Crippen LogP contribution in [-0.4, -0.2) is 35.3 Å². The maximum Gasteiger partial charge on any atom is 0.245 e. The Morgan fingerprint density at radius 3 is 2.72 bits per heavy atom. The summed E-state index contributed by atoms with van der Waals surface area (Å²) in [6, 6.07) is -0.0577. The SMILES string of the molecule is CCC1NC(=O)CN(C2CCCC(C)(C)C2)C1=O. The molecule has 0 spiro atoms. The Labute approximate surface area is 109 Å². The molecule has 1 aliphatic carbocycles. The number of hydrogen-bond donors (Lipinski definition) is 1. The number of piperazine rings is 1. The normalized spacial score (nSPS) is 32.3. The fourth-order valence-corrected chi connectivity index (χ4v) is 3.24. The van der Waals surface area contributed by atoms with Crippen LogP contribution in [-0.2, 0) is 9.59 Å². The highest BCUT2D eigenvalue weighted by molar-refractivity contribution is 5.95. The number of hydrogen-bond acceptors (Lipinski definition) is 2. The van der Waals surface area contributed by atoms with Gasteiger partial charge in [-0.25, -0.2) is 0 Å². The molecule has 0 aromatic carbocycles. The minimum absolute atomic E-state index is 0.00942. The Morgan fingerprint density at radius 2 is 2.11 bits per heavy atom. The third-order valence-electron chi connectivity index (χ3n) is 4.26. The zero-order chi connectivity index (χ0) is 13.3. The number of amides is 2. The molecule has 0 radical (unpaired) electrons. The number of nitrogens with zero attached hydrogens (tertiary/aromatic N) is 1. The summed E-state index contributed by atoms with van der Waals surface area (Å²) in [6.07, 6.45) is 5.10. The van der Waals surface area contributed by atoms with Crippen LogP contribution in [0, 0.1) is 5.41 Å². The molecule has 2 unspecified atom stereocenters. The number of nitrogens with one attached hydrogen (secondary N) is 1. The highest BCUT2D eigenvalue weighted by Gasteiger charge is 2.39. The van der Waals surface area contributed by atoms with Crippen LogP contribution in [0.15, 0.2) is 0 Å². The van der Waals surface area contributed by atoms with E-state index in [9.17, 15) is 9.59 Å². The van der Waals surface area contributed by atoms with E-state index in [0.29, 0.717) is 11.8 Å². The van der Waals surface area contributed by atoms with Crippen molar-refractivity contribution in [3.8, 4) is 0 Å². The zero-order valence-corrected chi connectivity index (χ0v) is 11.7. The molecule has 0 aromatic heterocycles. The van der Waals surface area contributed by atoms with Crippen molar-refractivity contribution in [1.29, 1.82) is 0 Å². The van der Waals surface area contributed by atoms with Crippen LogP contribution in [0.5, 0.6) is 0 Å². The van der Waals surface area contributed by atoms with E-state index in [1.807, 2.05) is 11.8 Å². The summed E-state index contributed by atoms with van der Waals surface area (Å²) in [5.74, 6) is 0.102. The Balaban J connectivity index is 2.11. The van der Waals surface area contributed by atoms with Crippen molar-refractivity contribution < 1.29 is 9.59 Å². The second-order valence-corrected chi connectivity index (χ2v) is 6.41. The molecule has 4 nitrogen and oxygen atoms in total. The standard InChI is InChI=1S/C14H24N2O2/c1-4-11-13(18)16(9-12(17)15-11)10-6-5-7-14(2,3)8-10/h10-11H,4-9H2,1-3H3,(H,15,17). The average molecular weight is 252 g/mol. The third kappa shape index (κ3) is 2.68. The smallest absolute Gasteiger partial charge is 0.245 e. The topological polar surface area (TPSA) is 49.4 Å². The number of rotatable bonds is 2. The summed E-state index contributed by atoms with van der Waals surface area (Å²) >= 11 is 0. The molecule has 2 aliphatic rings. The molecule has 2 atom stereocenters. The van der Waals surface area contributed by atoms with Crippen LogP contribution < -0.4 is 5.32 Å². The van der Waals surface area contributed by atoms with E-state index in [1.165, 1.54) is 6.42 Å². The van der Waals surface area contributed by atoms with Crippen molar-refractivity contribution in [3.63, 3.8) is 0 Å². The van der Waals surface area contributed by atoms with Crippen molar-refractivity contribution in [2.24, 2.45) is 5.41 Å². The van der Waals surface area contributed by atoms with Crippen molar-refractivity contribution in [2.75, 3.05) is 6.54 Å². The van der Waals surface area contributed by atoms with E-state index >= 15 is 0 Å². The number of carbonyl (C=O) groups excluding carboxylic acids is 2. The van der Waals surface area contributed by atoms with Gasteiger partial charge in [0.25, 0.3) is 0 Å². The fourth-order valence-electron chi connectivity index (χ4n) is 3.24. The average Bonchev–Trinajstić information content (AvgIpc) is 2.30. The fraction of sp³-hybridized carbons (Fsp3) is 0.857. The summed E-state index contributed by atoms with van der Waals surface area (Å²) in [4.78, 5) is 25.8. The second kappa shape index (κ2) is 4.90. The first-order valence-electron chi connectivity index (χ1n) is 7.03. The third-order valence-corrected chi connectivity index (χ3v) is 4.26. The van der Waals surface area contributed by atoms with E-state index < -0.39 is 0 Å². The number of carbonyl (C=O) groups is 2. The van der Waals surface area contributed by atoms with Crippen LogP contribution in [0.4, 0.5) is 0 Å². The Morgan fingerprint density at radius 1 is 1.39 bits per heavy atom. The monoisotopic (exact) mass is 252 g/mol. The van der Waals surface area contributed by atoms with Gasteiger partial charge in [-0.1, -0.05) is 27.2 Å². The van der Waals surface area contributed by atoms with E-state index in [0.717, 1.165) is 19.3 Å². The summed E-state index contributed by atoms with van der Waals surface area (Å²) < 4.78 is 0. The van der Waals surface area contributed by atoms with E-state index in [-0.39, 0.29) is 30.4 Å². The van der Waals surface area contributed by atoms with Gasteiger partial charge in [0.05, 0.1) is 6.54 Å². The predicted octanol–water partition coefficient (Wildman–Crippen LogP) is 1.69. The first-order chi connectivity index (χ1) is 8.43. The van der Waals surface area contributed by atoms with Crippen LogP contribution in [0.2, 0.25) is 0 Å². The Hall–Kier alpha value is -1.06. The van der Waals surface area contributed by atoms with Gasteiger partial charge in [0, 0.05) is 6.04 Å². The highest BCUT2D eigenvalue weighted by Crippen LogP contribution is 2.37. The zero-order valence-electron chi connectivity index (χ0n) is 11.7. The van der Waals surface area contributed by atoms with Gasteiger partial charge in [-0.2, -0.15) is 0 Å². The van der Waals surface area contributed by atoms with Gasteiger partial charge in [-0.05, 0) is 31.1 Å². The van der Waals surface area contributed by atoms with Gasteiger partial charge in [0.15, 0.2) is 0 Å². The molecule has 1 heterocycles. The first-order valence-corrected chi connectivity index (χ1v) is 7.03. The second-order valence-electron chi connectivity index (χ2n) is 6.41. The lowest BCUT2D eigenvalue weighted by Gasteiger charge is -2.43. The van der Waals surface area contributed by atoms with Crippen molar-refractivity contribution in [3.05, 3.63) is 0 Å². The molecular formula is C14H24N2O2. The largest absolute Gasteiger partial charge is 0.343 e. The van der Waals surface area contributed by atoms with Gasteiger partial charge in [-0.15, -0.1) is 0 Å². The molecule has 0 bridgehead atoms. The predicted molar refractivity (Wildman–Crippen MR) is 70.0 cm³/mol. The van der Waals surface area contributed by atoms with Crippen LogP contribution >= 0.6 is 0 Å². The molecule has 0 aromatic rings. The molecule has 2 rings (SSSR count). The molecule has 4 heteroatoms. The minimum atomic E-state index is -0.309. The summed E-state index contributed by atoms with van der Waals surface area (Å²) in [6.45, 7) is 6.70.